The minimum Gasteiger partial charge on any atom is -0.321 e. The van der Waals surface area contributed by atoms with Crippen LogP contribution in [0.3, 0.4) is 0 Å². The molecule has 0 bridgehead atoms. The number of alkyl halides is 12. The maximum Gasteiger partial charge on any atom is 0.459 e. The fourth-order valence-electron chi connectivity index (χ4n) is 1.73. The van der Waals surface area contributed by atoms with Crippen LogP contribution in [0.1, 0.15) is 13.8 Å². The van der Waals surface area contributed by atoms with E-state index in [1.807, 2.05) is 0 Å². The van der Waals surface area contributed by atoms with Crippen molar-refractivity contribution in [3.63, 3.8) is 0 Å². The Labute approximate surface area is 114 Å². The number of rotatable bonds is 3. The zero-order valence-corrected chi connectivity index (χ0v) is 10.4. The van der Waals surface area contributed by atoms with E-state index in [1.54, 1.807) is 0 Å². The Morgan fingerprint density at radius 3 is 1.36 bits per heavy atom. The minimum atomic E-state index is -6.95. The average Bonchev–Trinajstić information content (AvgIpc) is 2.82. The molecular weight excluding hydrogens is 352 g/mol. The molecule has 22 heavy (non-hydrogen) atoms. The summed E-state index contributed by atoms with van der Waals surface area (Å²) in [5, 5.41) is 0. The lowest BCUT2D eigenvalue weighted by Gasteiger charge is -2.33. The Kier molecular flexibility index (Phi) is 3.61. The van der Waals surface area contributed by atoms with Gasteiger partial charge in [-0.25, -0.2) is 8.78 Å². The average molecular weight is 358 g/mol. The van der Waals surface area contributed by atoms with Gasteiger partial charge >= 0.3 is 24.2 Å². The maximum absolute atomic E-state index is 13.7. The van der Waals surface area contributed by atoms with Crippen LogP contribution in [0.2, 0.25) is 0 Å². The SMILES string of the molecule is CC(F)(C(F)(F)F)C1(F)OC1(C)C(F)(F)C(F)(F)C(F)(F)F. The monoisotopic (exact) mass is 358 g/mol. The Morgan fingerprint density at radius 1 is 0.727 bits per heavy atom. The quantitative estimate of drug-likeness (QED) is 0.532. The molecule has 3 unspecified atom stereocenters. The highest BCUT2D eigenvalue weighted by Gasteiger charge is 2.97. The van der Waals surface area contributed by atoms with Crippen molar-refractivity contribution in [1.82, 2.24) is 0 Å². The molecule has 0 amide bonds. The zero-order valence-electron chi connectivity index (χ0n) is 10.4. The van der Waals surface area contributed by atoms with E-state index in [1.165, 1.54) is 0 Å². The molecule has 132 valence electrons. The molecule has 0 saturated carbocycles. The van der Waals surface area contributed by atoms with Gasteiger partial charge < -0.3 is 4.74 Å². The first kappa shape index (κ1) is 19.2. The molecule has 1 rings (SSSR count). The molecule has 0 aliphatic carbocycles. The van der Waals surface area contributed by atoms with Gasteiger partial charge in [0.15, 0.2) is 0 Å². The van der Waals surface area contributed by atoms with E-state index >= 15 is 0 Å². The van der Waals surface area contributed by atoms with Crippen LogP contribution in [0, 0.1) is 0 Å². The molecule has 13 heteroatoms. The molecule has 0 aromatic heterocycles. The summed E-state index contributed by atoms with van der Waals surface area (Å²) in [6.45, 7) is -1.16. The summed E-state index contributed by atoms with van der Waals surface area (Å²) in [6, 6.07) is 0. The van der Waals surface area contributed by atoms with Crippen molar-refractivity contribution in [2.75, 3.05) is 0 Å². The van der Waals surface area contributed by atoms with Gasteiger partial charge in [-0.1, -0.05) is 0 Å². The molecule has 0 N–H and O–H groups in total. The zero-order chi connectivity index (χ0) is 18.2. The van der Waals surface area contributed by atoms with Crippen LogP contribution in [0.25, 0.3) is 0 Å². The third-order valence-corrected chi connectivity index (χ3v) is 3.40. The molecule has 1 aliphatic heterocycles. The predicted octanol–water partition coefficient (Wildman–Crippen LogP) is 4.56. The summed E-state index contributed by atoms with van der Waals surface area (Å²) >= 11 is 0. The minimum absolute atomic E-state index is 0.504. The molecule has 0 radical (unpaired) electrons. The second-order valence-electron chi connectivity index (χ2n) is 4.88. The third kappa shape index (κ3) is 1.92. The molecule has 3 atom stereocenters. The number of hydrogen-bond donors (Lipinski definition) is 0. The van der Waals surface area contributed by atoms with Gasteiger partial charge in [-0.3, -0.25) is 0 Å². The van der Waals surface area contributed by atoms with Gasteiger partial charge in [0.1, 0.15) is 0 Å². The van der Waals surface area contributed by atoms with Crippen LogP contribution >= 0.6 is 0 Å². The number of halogens is 12. The first-order chi connectivity index (χ1) is 9.21. The van der Waals surface area contributed by atoms with Gasteiger partial charge in [0.05, 0.1) is 0 Å². The summed E-state index contributed by atoms with van der Waals surface area (Å²) in [6.07, 6.45) is -13.1. The van der Waals surface area contributed by atoms with Gasteiger partial charge in [0.25, 0.3) is 11.5 Å². The molecule has 1 fully saturated rings. The standard InChI is InChI=1S/C9H6F12O/c1-3(10,8(16,17)18)7(15)4(2,22-7)5(11,12)6(13,14)9(19,20)21/h1-2H3. The van der Waals surface area contributed by atoms with E-state index < -0.39 is 55.2 Å². The Bertz CT molecular complexity index is 462. The Morgan fingerprint density at radius 2 is 1.09 bits per heavy atom. The molecule has 1 aliphatic rings. The number of epoxide rings is 1. The van der Waals surface area contributed by atoms with Crippen LogP contribution in [0.4, 0.5) is 52.7 Å². The highest BCUT2D eigenvalue weighted by molar-refractivity contribution is 5.26. The molecule has 1 saturated heterocycles. The molecule has 1 nitrogen and oxygen atoms in total. The molecule has 0 spiro atoms. The second kappa shape index (κ2) is 4.15. The topological polar surface area (TPSA) is 12.5 Å². The van der Waals surface area contributed by atoms with Crippen LogP contribution in [0.5, 0.6) is 0 Å². The van der Waals surface area contributed by atoms with Crippen molar-refractivity contribution in [3.8, 4) is 0 Å². The normalized spacial score (nSPS) is 33.5. The van der Waals surface area contributed by atoms with Crippen LogP contribution in [-0.2, 0) is 4.74 Å². The lowest BCUT2D eigenvalue weighted by molar-refractivity contribution is -0.368. The predicted molar refractivity (Wildman–Crippen MR) is 44.8 cm³/mol. The summed E-state index contributed by atoms with van der Waals surface area (Å²) in [4.78, 5) is 0. The first-order valence-electron chi connectivity index (χ1n) is 5.18. The van der Waals surface area contributed by atoms with E-state index in [4.69, 9.17) is 0 Å². The van der Waals surface area contributed by atoms with Crippen molar-refractivity contribution in [3.05, 3.63) is 0 Å². The number of ether oxygens (including phenoxy) is 1. The smallest absolute Gasteiger partial charge is 0.321 e. The third-order valence-electron chi connectivity index (χ3n) is 3.40. The molecular formula is C9H6F12O. The van der Waals surface area contributed by atoms with E-state index in [9.17, 15) is 52.7 Å². The van der Waals surface area contributed by atoms with Gasteiger partial charge in [0.2, 0.25) is 5.60 Å². The van der Waals surface area contributed by atoms with Crippen molar-refractivity contribution in [1.29, 1.82) is 0 Å². The maximum atomic E-state index is 13.7. The van der Waals surface area contributed by atoms with Gasteiger partial charge in [-0.15, -0.1) is 0 Å². The summed E-state index contributed by atoms with van der Waals surface area (Å²) in [5.74, 6) is -18.6. The highest BCUT2D eigenvalue weighted by atomic mass is 19.4. The Balaban J connectivity index is 3.36. The van der Waals surface area contributed by atoms with E-state index in [2.05, 4.69) is 4.74 Å². The summed E-state index contributed by atoms with van der Waals surface area (Å²) in [5.41, 5.74) is -9.93. The lowest BCUT2D eigenvalue weighted by Crippen LogP contribution is -2.63. The molecule has 0 aromatic rings. The van der Waals surface area contributed by atoms with Gasteiger partial charge in [-0.05, 0) is 13.8 Å². The molecule has 0 aromatic carbocycles. The van der Waals surface area contributed by atoms with E-state index in [0.717, 1.165) is 0 Å². The van der Waals surface area contributed by atoms with Crippen LogP contribution in [0.15, 0.2) is 0 Å². The second-order valence-corrected chi connectivity index (χ2v) is 4.88. The number of hydrogen-bond acceptors (Lipinski definition) is 1. The van der Waals surface area contributed by atoms with E-state index in [0.29, 0.717) is 0 Å². The van der Waals surface area contributed by atoms with Crippen molar-refractivity contribution < 1.29 is 57.4 Å². The largest absolute Gasteiger partial charge is 0.459 e. The molecule has 1 heterocycles. The van der Waals surface area contributed by atoms with E-state index in [-0.39, 0.29) is 0 Å². The van der Waals surface area contributed by atoms with Gasteiger partial charge in [0, 0.05) is 0 Å². The first-order valence-corrected chi connectivity index (χ1v) is 5.18. The van der Waals surface area contributed by atoms with Crippen molar-refractivity contribution in [2.24, 2.45) is 0 Å². The van der Waals surface area contributed by atoms with Crippen LogP contribution < -0.4 is 0 Å². The fourth-order valence-corrected chi connectivity index (χ4v) is 1.73. The summed E-state index contributed by atoms with van der Waals surface area (Å²) in [7, 11) is 0. The Hall–Kier alpha value is -0.880. The van der Waals surface area contributed by atoms with Crippen LogP contribution in [-0.4, -0.2) is 41.3 Å². The highest BCUT2D eigenvalue weighted by Crippen LogP contribution is 2.70. The fraction of sp³-hybridized carbons (Fsp3) is 1.00. The van der Waals surface area contributed by atoms with Gasteiger partial charge in [-0.2, -0.15) is 43.9 Å². The summed E-state index contributed by atoms with van der Waals surface area (Å²) < 4.78 is 155. The van der Waals surface area contributed by atoms with Crippen molar-refractivity contribution >= 4 is 0 Å². The van der Waals surface area contributed by atoms with Crippen molar-refractivity contribution in [2.45, 2.75) is 55.2 Å². The lowest BCUT2D eigenvalue weighted by atomic mass is 9.84.